The summed E-state index contributed by atoms with van der Waals surface area (Å²) in [5.41, 5.74) is 3.01. The number of halogens is 1. The van der Waals surface area contributed by atoms with Gasteiger partial charge in [0, 0.05) is 6.92 Å². The van der Waals surface area contributed by atoms with E-state index in [4.69, 9.17) is 4.74 Å². The van der Waals surface area contributed by atoms with Crippen LogP contribution in [0.4, 0.5) is 10.1 Å². The maximum absolute atomic E-state index is 12.7. The van der Waals surface area contributed by atoms with Gasteiger partial charge < -0.3 is 4.74 Å². The molecular weight excluding hydrogens is 333 g/mol. The Hall–Kier alpha value is -2.41. The molecule has 1 N–H and O–H groups in total. The molecule has 3 aliphatic rings. The summed E-state index contributed by atoms with van der Waals surface area (Å²) in [4.78, 5) is 10.4. The number of ether oxygens (including phenoxy) is 1. The maximum Gasteiger partial charge on any atom is 0.308 e. The average molecular weight is 349 g/mol. The molecule has 0 saturated heterocycles. The third kappa shape index (κ3) is 3.41. The van der Waals surface area contributed by atoms with Crippen molar-refractivity contribution in [2.75, 3.05) is 4.72 Å². The van der Waals surface area contributed by atoms with E-state index in [0.29, 0.717) is 5.75 Å². The molecule has 2 aliphatic heterocycles. The first-order chi connectivity index (χ1) is 11.3. The Bertz CT molecular complexity index is 909. The highest BCUT2D eigenvalue weighted by Gasteiger charge is 2.24. The summed E-state index contributed by atoms with van der Waals surface area (Å²) in [5.74, 6) is -0.271. The average Bonchev–Trinajstić information content (AvgIpc) is 2.93. The van der Waals surface area contributed by atoms with Crippen LogP contribution in [0, 0.1) is 5.82 Å². The highest BCUT2D eigenvalue weighted by Crippen LogP contribution is 2.27. The van der Waals surface area contributed by atoms with E-state index in [1.807, 2.05) is 12.1 Å². The van der Waals surface area contributed by atoms with Gasteiger partial charge in [-0.3, -0.25) is 9.52 Å². The molecule has 24 heavy (non-hydrogen) atoms. The number of carbonyl (C=O) groups is 1. The Kier molecular flexibility index (Phi) is 4.28. The molecule has 2 aromatic carbocycles. The minimum Gasteiger partial charge on any atom is -0.427 e. The molecule has 0 aromatic heterocycles. The standard InChI is InChI=1S/C11H12O2.C6H4FNO2S/c1-8(12)13-11-6-5-9-3-2-4-10(9)7-11;7-5-3-4-1-2-6(5)11(9,10)8-4/h5-7H,2-4H2,1H3;1-3,8H. The summed E-state index contributed by atoms with van der Waals surface area (Å²) in [6, 6.07) is 9.81. The fourth-order valence-corrected chi connectivity index (χ4v) is 3.88. The number of fused-ring (bicyclic) bond motifs is 4. The number of anilines is 1. The number of rotatable bonds is 1. The van der Waals surface area contributed by atoms with Crippen molar-refractivity contribution < 1.29 is 22.3 Å². The minimum atomic E-state index is -3.57. The molecular formula is C17H16FNO4S. The van der Waals surface area contributed by atoms with Crippen molar-refractivity contribution >= 4 is 21.7 Å². The normalized spacial score (nSPS) is 15.8. The highest BCUT2D eigenvalue weighted by molar-refractivity contribution is 7.92. The molecule has 0 fully saturated rings. The smallest absolute Gasteiger partial charge is 0.308 e. The molecule has 2 aromatic rings. The van der Waals surface area contributed by atoms with Gasteiger partial charge in [-0.05, 0) is 60.7 Å². The highest BCUT2D eigenvalue weighted by atomic mass is 32.2. The van der Waals surface area contributed by atoms with Crippen molar-refractivity contribution in [2.24, 2.45) is 0 Å². The van der Waals surface area contributed by atoms with Crippen LogP contribution >= 0.6 is 0 Å². The van der Waals surface area contributed by atoms with Crippen LogP contribution < -0.4 is 9.46 Å². The number of aryl methyl sites for hydroxylation is 2. The molecule has 0 radical (unpaired) electrons. The zero-order valence-electron chi connectivity index (χ0n) is 13.0. The Labute approximate surface area is 139 Å². The van der Waals surface area contributed by atoms with Crippen LogP contribution in [-0.2, 0) is 27.7 Å². The van der Waals surface area contributed by atoms with Crippen LogP contribution in [0.15, 0.2) is 41.3 Å². The quantitative estimate of drug-likeness (QED) is 0.634. The predicted molar refractivity (Wildman–Crippen MR) is 87.0 cm³/mol. The fraction of sp³-hybridized carbons (Fsp3) is 0.235. The van der Waals surface area contributed by atoms with Gasteiger partial charge in [0.25, 0.3) is 10.0 Å². The van der Waals surface area contributed by atoms with Crippen molar-refractivity contribution in [1.82, 2.24) is 0 Å². The molecule has 0 amide bonds. The van der Waals surface area contributed by atoms with Crippen LogP contribution in [0.5, 0.6) is 5.75 Å². The summed E-state index contributed by atoms with van der Waals surface area (Å²) < 4.78 is 41.8. The number of sulfonamides is 1. The van der Waals surface area contributed by atoms with Crippen LogP contribution in [0.25, 0.3) is 0 Å². The van der Waals surface area contributed by atoms with Gasteiger partial charge in [0.05, 0.1) is 5.69 Å². The Morgan fingerprint density at radius 3 is 2.46 bits per heavy atom. The second-order valence-corrected chi connectivity index (χ2v) is 7.28. The molecule has 5 rings (SSSR count). The van der Waals surface area contributed by atoms with Gasteiger partial charge in [-0.25, -0.2) is 12.8 Å². The molecule has 2 bridgehead atoms. The number of hydrogen-bond donors (Lipinski definition) is 1. The van der Waals surface area contributed by atoms with Gasteiger partial charge in [0.2, 0.25) is 0 Å². The van der Waals surface area contributed by atoms with Crippen molar-refractivity contribution in [3.63, 3.8) is 0 Å². The van der Waals surface area contributed by atoms with Gasteiger partial charge in [-0.2, -0.15) is 0 Å². The fourth-order valence-electron chi connectivity index (χ4n) is 2.77. The van der Waals surface area contributed by atoms with Crippen LogP contribution in [0.1, 0.15) is 24.5 Å². The molecule has 5 nitrogen and oxygen atoms in total. The molecule has 0 atom stereocenters. The largest absolute Gasteiger partial charge is 0.427 e. The number of carbonyl (C=O) groups excluding carboxylic acids is 1. The lowest BCUT2D eigenvalue weighted by atomic mass is 10.1. The van der Waals surface area contributed by atoms with E-state index in [9.17, 15) is 17.6 Å². The molecule has 0 saturated carbocycles. The number of hydrogen-bond acceptors (Lipinski definition) is 4. The molecule has 1 aliphatic carbocycles. The first-order valence-electron chi connectivity index (χ1n) is 7.48. The SMILES string of the molecule is CC(=O)Oc1ccc2c(c1)CCC2.O=S1(=O)Nc2ccc1c(F)c2. The first kappa shape index (κ1) is 16.4. The molecule has 2 heterocycles. The Morgan fingerprint density at radius 1 is 1.12 bits per heavy atom. The number of esters is 1. The first-order valence-corrected chi connectivity index (χ1v) is 8.96. The molecule has 0 unspecified atom stereocenters. The molecule has 126 valence electrons. The summed E-state index contributed by atoms with van der Waals surface area (Å²) >= 11 is 0. The Morgan fingerprint density at radius 2 is 1.88 bits per heavy atom. The van der Waals surface area contributed by atoms with E-state index in [2.05, 4.69) is 10.8 Å². The second kappa shape index (κ2) is 6.24. The van der Waals surface area contributed by atoms with Crippen LogP contribution in [0.2, 0.25) is 0 Å². The second-order valence-electron chi connectivity index (χ2n) is 5.63. The minimum absolute atomic E-state index is 0.252. The van der Waals surface area contributed by atoms with E-state index in [-0.39, 0.29) is 16.6 Å². The summed E-state index contributed by atoms with van der Waals surface area (Å²) in [7, 11) is -3.57. The third-order valence-electron chi connectivity index (χ3n) is 3.81. The van der Waals surface area contributed by atoms with Gasteiger partial charge in [-0.1, -0.05) is 6.07 Å². The summed E-state index contributed by atoms with van der Waals surface area (Å²) in [6.07, 6.45) is 3.50. The third-order valence-corrected chi connectivity index (χ3v) is 5.22. The van der Waals surface area contributed by atoms with Crippen molar-refractivity contribution in [2.45, 2.75) is 31.1 Å². The van der Waals surface area contributed by atoms with Gasteiger partial charge in [0.15, 0.2) is 0 Å². The lowest BCUT2D eigenvalue weighted by Crippen LogP contribution is -2.19. The molecule has 7 heteroatoms. The van der Waals surface area contributed by atoms with E-state index in [1.54, 1.807) is 0 Å². The molecule has 0 spiro atoms. The van der Waals surface area contributed by atoms with Crippen molar-refractivity contribution in [3.05, 3.63) is 53.3 Å². The van der Waals surface area contributed by atoms with Gasteiger partial charge in [0.1, 0.15) is 16.5 Å². The Balaban J connectivity index is 0.000000143. The topological polar surface area (TPSA) is 72.5 Å². The lowest BCUT2D eigenvalue weighted by Gasteiger charge is -2.15. The van der Waals surface area contributed by atoms with Crippen LogP contribution in [0.3, 0.4) is 0 Å². The van der Waals surface area contributed by atoms with Crippen LogP contribution in [-0.4, -0.2) is 14.4 Å². The maximum atomic E-state index is 12.7. The van der Waals surface area contributed by atoms with Gasteiger partial charge in [-0.15, -0.1) is 0 Å². The van der Waals surface area contributed by atoms with E-state index in [1.165, 1.54) is 36.6 Å². The number of benzene rings is 2. The van der Waals surface area contributed by atoms with E-state index < -0.39 is 15.8 Å². The van der Waals surface area contributed by atoms with E-state index >= 15 is 0 Å². The zero-order valence-corrected chi connectivity index (χ0v) is 13.8. The monoisotopic (exact) mass is 349 g/mol. The van der Waals surface area contributed by atoms with Crippen molar-refractivity contribution in [1.29, 1.82) is 0 Å². The summed E-state index contributed by atoms with van der Waals surface area (Å²) in [5, 5.41) is 0. The zero-order chi connectivity index (χ0) is 17.3. The number of nitrogens with one attached hydrogen (secondary N) is 1. The lowest BCUT2D eigenvalue weighted by molar-refractivity contribution is -0.131. The van der Waals surface area contributed by atoms with Crippen molar-refractivity contribution in [3.8, 4) is 5.75 Å². The predicted octanol–water partition coefficient (Wildman–Crippen LogP) is 3.04. The van der Waals surface area contributed by atoms with Gasteiger partial charge >= 0.3 is 5.97 Å². The summed E-state index contributed by atoms with van der Waals surface area (Å²) in [6.45, 7) is 1.42. The van der Waals surface area contributed by atoms with E-state index in [0.717, 1.165) is 18.9 Å².